The summed E-state index contributed by atoms with van der Waals surface area (Å²) in [5.74, 6) is 0.626. The Hall–Kier alpha value is -1.62. The van der Waals surface area contributed by atoms with Gasteiger partial charge < -0.3 is 9.84 Å². The summed E-state index contributed by atoms with van der Waals surface area (Å²) in [7, 11) is 0. The maximum atomic E-state index is 12.1. The lowest BCUT2D eigenvalue weighted by molar-refractivity contribution is 0.0939. The lowest BCUT2D eigenvalue weighted by atomic mass is 10.1. The highest BCUT2D eigenvalue weighted by atomic mass is 79.9. The van der Waals surface area contributed by atoms with Crippen molar-refractivity contribution in [3.05, 3.63) is 51.3 Å². The first kappa shape index (κ1) is 13.8. The quantitative estimate of drug-likeness (QED) is 0.940. The number of nitrogens with zero attached hydrogens (tertiary/aromatic N) is 1. The van der Waals surface area contributed by atoms with Gasteiger partial charge in [-0.15, -0.1) is 0 Å². The van der Waals surface area contributed by atoms with Gasteiger partial charge in [-0.3, -0.25) is 4.79 Å². The number of hydrogen-bond acceptors (Lipinski definition) is 3. The molecule has 19 heavy (non-hydrogen) atoms. The van der Waals surface area contributed by atoms with Crippen LogP contribution in [0.5, 0.6) is 0 Å². The molecule has 0 aliphatic carbocycles. The molecule has 5 heteroatoms. The lowest BCUT2D eigenvalue weighted by Gasteiger charge is -2.13. The van der Waals surface area contributed by atoms with Crippen molar-refractivity contribution in [3.8, 4) is 0 Å². The van der Waals surface area contributed by atoms with E-state index in [-0.39, 0.29) is 11.9 Å². The Bertz CT molecular complexity index is 570. The van der Waals surface area contributed by atoms with Crippen LogP contribution in [-0.2, 0) is 0 Å². The molecule has 2 rings (SSSR count). The van der Waals surface area contributed by atoms with Crippen LogP contribution in [0.2, 0.25) is 0 Å². The minimum Gasteiger partial charge on any atom is -0.361 e. The molecule has 1 heterocycles. The fraction of sp³-hybridized carbons (Fsp3) is 0.286. The molecule has 0 saturated heterocycles. The fourth-order valence-corrected chi connectivity index (χ4v) is 2.33. The SMILES string of the molecule is Cc1noc(C)c1C(C)NC(=O)c1ccc(Br)cc1. The Balaban J connectivity index is 2.13. The van der Waals surface area contributed by atoms with Crippen LogP contribution in [-0.4, -0.2) is 11.1 Å². The average Bonchev–Trinajstić information content (AvgIpc) is 2.69. The number of hydrogen-bond donors (Lipinski definition) is 1. The van der Waals surface area contributed by atoms with E-state index in [4.69, 9.17) is 4.52 Å². The molecule has 0 saturated carbocycles. The highest BCUT2D eigenvalue weighted by Crippen LogP contribution is 2.21. The van der Waals surface area contributed by atoms with E-state index in [0.717, 1.165) is 21.5 Å². The van der Waals surface area contributed by atoms with E-state index in [0.29, 0.717) is 5.56 Å². The van der Waals surface area contributed by atoms with Crippen molar-refractivity contribution in [2.24, 2.45) is 0 Å². The van der Waals surface area contributed by atoms with Crippen LogP contribution in [0.25, 0.3) is 0 Å². The largest absolute Gasteiger partial charge is 0.361 e. The standard InChI is InChI=1S/C14H15BrN2O2/c1-8(13-9(2)17-19-10(13)3)16-14(18)11-4-6-12(15)7-5-11/h4-8H,1-3H3,(H,16,18). The Kier molecular flexibility index (Phi) is 4.04. The highest BCUT2D eigenvalue weighted by molar-refractivity contribution is 9.10. The van der Waals surface area contributed by atoms with Gasteiger partial charge in [0.2, 0.25) is 0 Å². The molecule has 1 aromatic carbocycles. The van der Waals surface area contributed by atoms with Gasteiger partial charge in [-0.05, 0) is 45.0 Å². The monoisotopic (exact) mass is 322 g/mol. The molecule has 0 aliphatic heterocycles. The van der Waals surface area contributed by atoms with Gasteiger partial charge in [0.15, 0.2) is 0 Å². The summed E-state index contributed by atoms with van der Waals surface area (Å²) in [5.41, 5.74) is 2.37. The molecule has 4 nitrogen and oxygen atoms in total. The lowest BCUT2D eigenvalue weighted by Crippen LogP contribution is -2.27. The van der Waals surface area contributed by atoms with Gasteiger partial charge in [-0.25, -0.2) is 0 Å². The van der Waals surface area contributed by atoms with Crippen molar-refractivity contribution in [1.82, 2.24) is 10.5 Å². The van der Waals surface area contributed by atoms with Gasteiger partial charge in [0.1, 0.15) is 5.76 Å². The predicted octanol–water partition coefficient (Wildman–Crippen LogP) is 3.54. The van der Waals surface area contributed by atoms with Crippen LogP contribution in [0.1, 0.15) is 40.3 Å². The Morgan fingerprint density at radius 3 is 2.47 bits per heavy atom. The fourth-order valence-electron chi connectivity index (χ4n) is 2.06. The number of carbonyl (C=O) groups is 1. The summed E-state index contributed by atoms with van der Waals surface area (Å²) in [5, 5.41) is 6.84. The van der Waals surface area contributed by atoms with Crippen molar-refractivity contribution >= 4 is 21.8 Å². The number of rotatable bonds is 3. The first-order valence-electron chi connectivity index (χ1n) is 5.98. The minimum atomic E-state index is -0.137. The van der Waals surface area contributed by atoms with Crippen molar-refractivity contribution in [2.45, 2.75) is 26.8 Å². The molecule has 0 aliphatic rings. The first-order chi connectivity index (χ1) is 8.99. The molecule has 1 atom stereocenters. The van der Waals surface area contributed by atoms with E-state index >= 15 is 0 Å². The van der Waals surface area contributed by atoms with E-state index < -0.39 is 0 Å². The first-order valence-corrected chi connectivity index (χ1v) is 6.77. The molecular weight excluding hydrogens is 308 g/mol. The maximum absolute atomic E-state index is 12.1. The number of amides is 1. The smallest absolute Gasteiger partial charge is 0.251 e. The van der Waals surface area contributed by atoms with Gasteiger partial charge >= 0.3 is 0 Å². The number of aryl methyl sites for hydroxylation is 2. The van der Waals surface area contributed by atoms with Crippen molar-refractivity contribution in [2.75, 3.05) is 0 Å². The second kappa shape index (κ2) is 5.57. The molecule has 2 aromatic rings. The Morgan fingerprint density at radius 1 is 1.32 bits per heavy atom. The number of aromatic nitrogens is 1. The average molecular weight is 323 g/mol. The predicted molar refractivity (Wildman–Crippen MR) is 76.0 cm³/mol. The van der Waals surface area contributed by atoms with E-state index in [1.165, 1.54) is 0 Å². The Labute approximate surface area is 120 Å². The molecule has 100 valence electrons. The van der Waals surface area contributed by atoms with Gasteiger partial charge in [0, 0.05) is 15.6 Å². The third-order valence-electron chi connectivity index (χ3n) is 2.98. The highest BCUT2D eigenvalue weighted by Gasteiger charge is 2.18. The third kappa shape index (κ3) is 3.04. The van der Waals surface area contributed by atoms with Crippen LogP contribution in [0, 0.1) is 13.8 Å². The molecule has 0 fully saturated rings. The molecular formula is C14H15BrN2O2. The summed E-state index contributed by atoms with van der Waals surface area (Å²) in [6.07, 6.45) is 0. The zero-order chi connectivity index (χ0) is 14.0. The number of benzene rings is 1. The zero-order valence-corrected chi connectivity index (χ0v) is 12.6. The van der Waals surface area contributed by atoms with Crippen LogP contribution in [0.3, 0.4) is 0 Å². The van der Waals surface area contributed by atoms with Crippen LogP contribution < -0.4 is 5.32 Å². The number of nitrogens with one attached hydrogen (secondary N) is 1. The van der Waals surface area contributed by atoms with Crippen molar-refractivity contribution < 1.29 is 9.32 Å². The third-order valence-corrected chi connectivity index (χ3v) is 3.50. The number of carbonyl (C=O) groups excluding carboxylic acids is 1. The van der Waals surface area contributed by atoms with Crippen molar-refractivity contribution in [1.29, 1.82) is 0 Å². The van der Waals surface area contributed by atoms with E-state index in [2.05, 4.69) is 26.4 Å². The minimum absolute atomic E-state index is 0.111. The topological polar surface area (TPSA) is 55.1 Å². The zero-order valence-electron chi connectivity index (χ0n) is 11.0. The molecule has 0 bridgehead atoms. The van der Waals surface area contributed by atoms with Gasteiger partial charge in [0.25, 0.3) is 5.91 Å². The van der Waals surface area contributed by atoms with Crippen LogP contribution >= 0.6 is 15.9 Å². The summed E-state index contributed by atoms with van der Waals surface area (Å²) in [6, 6.07) is 7.10. The van der Waals surface area contributed by atoms with E-state index in [1.54, 1.807) is 12.1 Å². The van der Waals surface area contributed by atoms with Gasteiger partial charge in [-0.2, -0.15) is 0 Å². The van der Waals surface area contributed by atoms with Gasteiger partial charge in [0.05, 0.1) is 11.7 Å². The summed E-state index contributed by atoms with van der Waals surface area (Å²) in [6.45, 7) is 5.63. The van der Waals surface area contributed by atoms with E-state index in [9.17, 15) is 4.79 Å². The van der Waals surface area contributed by atoms with Crippen molar-refractivity contribution in [3.63, 3.8) is 0 Å². The molecule has 1 amide bonds. The van der Waals surface area contributed by atoms with E-state index in [1.807, 2.05) is 32.9 Å². The molecule has 0 spiro atoms. The van der Waals surface area contributed by atoms with Gasteiger partial charge in [-0.1, -0.05) is 21.1 Å². The second-order valence-electron chi connectivity index (χ2n) is 4.44. The maximum Gasteiger partial charge on any atom is 0.251 e. The molecule has 1 unspecified atom stereocenters. The summed E-state index contributed by atoms with van der Waals surface area (Å²) < 4.78 is 6.06. The second-order valence-corrected chi connectivity index (χ2v) is 5.36. The molecule has 1 aromatic heterocycles. The molecule has 0 radical (unpaired) electrons. The number of halogens is 1. The Morgan fingerprint density at radius 2 is 1.95 bits per heavy atom. The van der Waals surface area contributed by atoms with Crippen LogP contribution in [0.15, 0.2) is 33.3 Å². The molecule has 1 N–H and O–H groups in total. The summed E-state index contributed by atoms with van der Waals surface area (Å²) in [4.78, 5) is 12.1. The normalized spacial score (nSPS) is 12.2. The summed E-state index contributed by atoms with van der Waals surface area (Å²) >= 11 is 3.34. The van der Waals surface area contributed by atoms with Crippen LogP contribution in [0.4, 0.5) is 0 Å².